The molecule has 1 heterocycles. The van der Waals surface area contributed by atoms with Crippen molar-refractivity contribution in [1.82, 2.24) is 8.54 Å². The minimum Gasteiger partial charge on any atom is -0.278 e. The Morgan fingerprint density at radius 2 is 1.83 bits per heavy atom. The first-order valence-electron chi connectivity index (χ1n) is 6.54. The van der Waals surface area contributed by atoms with Crippen LogP contribution in [0.3, 0.4) is 0 Å². The molecule has 0 amide bonds. The van der Waals surface area contributed by atoms with Crippen LogP contribution in [0.15, 0.2) is 33.0 Å². The van der Waals surface area contributed by atoms with Crippen LogP contribution in [-0.2, 0) is 17.1 Å². The Bertz CT molecular complexity index is 1020. The predicted octanol–water partition coefficient (Wildman–Crippen LogP) is 1.36. The highest BCUT2D eigenvalue weighted by molar-refractivity contribution is 7.90. The number of rotatable bonds is 2. The van der Waals surface area contributed by atoms with Gasteiger partial charge in [-0.1, -0.05) is 11.6 Å². The fourth-order valence-electron chi connectivity index (χ4n) is 2.18. The summed E-state index contributed by atoms with van der Waals surface area (Å²) in [4.78, 5) is 15.8. The van der Waals surface area contributed by atoms with Crippen molar-refractivity contribution >= 4 is 21.6 Å². The summed E-state index contributed by atoms with van der Waals surface area (Å²) in [5, 5.41) is 0.408. The zero-order valence-corrected chi connectivity index (χ0v) is 14.5. The van der Waals surface area contributed by atoms with E-state index in [9.17, 15) is 17.6 Å². The van der Waals surface area contributed by atoms with Crippen LogP contribution in [0.5, 0.6) is 0 Å². The molecule has 124 valence electrons. The second-order valence-corrected chi connectivity index (χ2v) is 7.22. The number of aryl methyl sites for hydroxylation is 2. The van der Waals surface area contributed by atoms with Crippen molar-refractivity contribution in [1.29, 1.82) is 0 Å². The van der Waals surface area contributed by atoms with Crippen molar-refractivity contribution < 1.29 is 12.8 Å². The highest BCUT2D eigenvalue weighted by Crippen LogP contribution is 2.24. The van der Waals surface area contributed by atoms with Crippen LogP contribution in [0.2, 0.25) is 5.02 Å². The van der Waals surface area contributed by atoms with E-state index in [1.165, 1.54) is 26.2 Å². The first-order valence-corrected chi connectivity index (χ1v) is 8.36. The second-order valence-electron chi connectivity index (χ2n) is 5.03. The zero-order valence-electron chi connectivity index (χ0n) is 13.0. The normalized spacial score (nSPS) is 12.7. The third-order valence-electron chi connectivity index (χ3n) is 3.44. The standard InChI is InChI=1S/C14H15ClFN3O3S/c1-8-6-12(9(2)5-10(8)15)23(21,22)19-7-11(16)13(17-3)18(4)14(19)20/h5-7H,1-4H3/b17-13+. The molecule has 0 spiro atoms. The van der Waals surface area contributed by atoms with Crippen LogP contribution < -0.4 is 11.2 Å². The number of halogens is 2. The lowest BCUT2D eigenvalue weighted by molar-refractivity contribution is 0.537. The number of hydrogen-bond donors (Lipinski definition) is 0. The Balaban J connectivity index is 2.87. The van der Waals surface area contributed by atoms with E-state index in [4.69, 9.17) is 11.6 Å². The van der Waals surface area contributed by atoms with Gasteiger partial charge in [0.1, 0.15) is 0 Å². The molecule has 2 rings (SSSR count). The van der Waals surface area contributed by atoms with Gasteiger partial charge in [0.2, 0.25) is 0 Å². The summed E-state index contributed by atoms with van der Waals surface area (Å²) < 4.78 is 40.7. The molecule has 0 saturated carbocycles. The van der Waals surface area contributed by atoms with Gasteiger partial charge >= 0.3 is 5.69 Å². The fraction of sp³-hybridized carbons (Fsp3) is 0.286. The molecule has 6 nitrogen and oxygen atoms in total. The van der Waals surface area contributed by atoms with E-state index < -0.39 is 21.5 Å². The second kappa shape index (κ2) is 5.93. The molecule has 0 aliphatic rings. The highest BCUT2D eigenvalue weighted by atomic mass is 35.5. The molecular weight excluding hydrogens is 345 g/mol. The van der Waals surface area contributed by atoms with Gasteiger partial charge in [0, 0.05) is 19.1 Å². The number of hydrogen-bond acceptors (Lipinski definition) is 4. The summed E-state index contributed by atoms with van der Waals surface area (Å²) in [6, 6.07) is 2.84. The molecule has 0 unspecified atom stereocenters. The van der Waals surface area contributed by atoms with Gasteiger partial charge in [0.25, 0.3) is 10.0 Å². The van der Waals surface area contributed by atoms with Gasteiger partial charge in [0.05, 0.1) is 11.1 Å². The van der Waals surface area contributed by atoms with E-state index in [1.807, 2.05) is 0 Å². The van der Waals surface area contributed by atoms with Crippen molar-refractivity contribution in [2.24, 2.45) is 12.0 Å². The fourth-order valence-corrected chi connectivity index (χ4v) is 3.96. The lowest BCUT2D eigenvalue weighted by Gasteiger charge is -2.13. The number of aromatic nitrogens is 2. The highest BCUT2D eigenvalue weighted by Gasteiger charge is 2.24. The monoisotopic (exact) mass is 359 g/mol. The van der Waals surface area contributed by atoms with Gasteiger partial charge in [-0.3, -0.25) is 9.56 Å². The first-order chi connectivity index (χ1) is 10.6. The lowest BCUT2D eigenvalue weighted by atomic mass is 10.2. The van der Waals surface area contributed by atoms with Crippen LogP contribution in [0.4, 0.5) is 4.39 Å². The van der Waals surface area contributed by atoms with Gasteiger partial charge < -0.3 is 0 Å². The predicted molar refractivity (Wildman–Crippen MR) is 84.6 cm³/mol. The summed E-state index contributed by atoms with van der Waals surface area (Å²) in [5.74, 6) is -0.915. The summed E-state index contributed by atoms with van der Waals surface area (Å²) in [5.41, 5.74) is -0.252. The van der Waals surface area contributed by atoms with Crippen LogP contribution in [0, 0.1) is 19.7 Å². The molecule has 0 N–H and O–H groups in total. The Labute approximate surface area is 137 Å². The Morgan fingerprint density at radius 3 is 2.39 bits per heavy atom. The molecule has 2 aromatic rings. The molecule has 9 heteroatoms. The molecule has 0 saturated heterocycles. The van der Waals surface area contributed by atoms with E-state index in [0.717, 1.165) is 4.57 Å². The number of nitrogens with zero attached hydrogens (tertiary/aromatic N) is 3. The minimum atomic E-state index is -4.27. The van der Waals surface area contributed by atoms with Crippen LogP contribution in [0.25, 0.3) is 0 Å². The van der Waals surface area contributed by atoms with E-state index in [1.54, 1.807) is 13.8 Å². The van der Waals surface area contributed by atoms with Gasteiger partial charge in [-0.05, 0) is 37.1 Å². The third-order valence-corrected chi connectivity index (χ3v) is 5.62. The summed E-state index contributed by atoms with van der Waals surface area (Å²) in [7, 11) is -1.71. The molecule has 1 aromatic heterocycles. The third kappa shape index (κ3) is 2.84. The van der Waals surface area contributed by atoms with Crippen molar-refractivity contribution in [3.8, 4) is 0 Å². The quantitative estimate of drug-likeness (QED) is 0.812. The SMILES string of the molecule is C/N=c1\c(F)cn(S(=O)(=O)c2cc(C)c(Cl)cc2C)c(=O)n1C. The average molecular weight is 360 g/mol. The maximum atomic E-state index is 14.0. The summed E-state index contributed by atoms with van der Waals surface area (Å²) in [6.07, 6.45) is 0.628. The van der Waals surface area contributed by atoms with Crippen molar-refractivity contribution in [3.05, 3.63) is 56.3 Å². The molecular formula is C14H15ClFN3O3S. The van der Waals surface area contributed by atoms with Crippen LogP contribution in [0.1, 0.15) is 11.1 Å². The van der Waals surface area contributed by atoms with Crippen molar-refractivity contribution in [3.63, 3.8) is 0 Å². The van der Waals surface area contributed by atoms with Gasteiger partial charge in [0.15, 0.2) is 11.3 Å². The molecule has 1 aromatic carbocycles. The smallest absolute Gasteiger partial charge is 0.278 e. The molecule has 0 fully saturated rings. The van der Waals surface area contributed by atoms with E-state index >= 15 is 0 Å². The lowest BCUT2D eigenvalue weighted by Crippen LogP contribution is -2.42. The maximum Gasteiger partial charge on any atom is 0.343 e. The topological polar surface area (TPSA) is 73.4 Å². The summed E-state index contributed by atoms with van der Waals surface area (Å²) in [6.45, 7) is 3.19. The Morgan fingerprint density at radius 1 is 1.22 bits per heavy atom. The molecule has 0 atom stereocenters. The molecule has 0 aliphatic heterocycles. The first kappa shape index (κ1) is 17.4. The molecule has 0 aliphatic carbocycles. The average Bonchev–Trinajstić information content (AvgIpc) is 2.47. The van der Waals surface area contributed by atoms with Crippen LogP contribution >= 0.6 is 11.6 Å². The zero-order chi connectivity index (χ0) is 17.5. The Kier molecular flexibility index (Phi) is 4.50. The van der Waals surface area contributed by atoms with Crippen molar-refractivity contribution in [2.45, 2.75) is 18.7 Å². The van der Waals surface area contributed by atoms with Crippen molar-refractivity contribution in [2.75, 3.05) is 7.05 Å². The van der Waals surface area contributed by atoms with Crippen LogP contribution in [-0.4, -0.2) is 24.0 Å². The maximum absolute atomic E-state index is 14.0. The van der Waals surface area contributed by atoms with Gasteiger partial charge in [-0.25, -0.2) is 17.6 Å². The summed E-state index contributed by atoms with van der Waals surface area (Å²) >= 11 is 5.96. The number of benzene rings is 1. The van der Waals surface area contributed by atoms with E-state index in [-0.39, 0.29) is 10.4 Å². The molecule has 0 bridgehead atoms. The molecule has 23 heavy (non-hydrogen) atoms. The Hall–Kier alpha value is -1.93. The molecule has 0 radical (unpaired) electrons. The van der Waals surface area contributed by atoms with E-state index in [0.29, 0.717) is 26.3 Å². The largest absolute Gasteiger partial charge is 0.343 e. The van der Waals surface area contributed by atoms with Gasteiger partial charge in [-0.2, -0.15) is 3.97 Å². The van der Waals surface area contributed by atoms with Gasteiger partial charge in [-0.15, -0.1) is 0 Å². The minimum absolute atomic E-state index is 0.109. The van der Waals surface area contributed by atoms with E-state index in [2.05, 4.69) is 4.99 Å².